The Morgan fingerprint density at radius 3 is 2.61 bits per heavy atom. The molecule has 0 spiro atoms. The molecule has 0 aromatic carbocycles. The van der Waals surface area contributed by atoms with Crippen LogP contribution in [0, 0.1) is 0 Å². The van der Waals surface area contributed by atoms with E-state index >= 15 is 0 Å². The van der Waals surface area contributed by atoms with Gasteiger partial charge in [0.15, 0.2) is 0 Å². The Morgan fingerprint density at radius 2 is 1.89 bits per heavy atom. The molecule has 0 aliphatic carbocycles. The molecule has 2 heterocycles. The predicted octanol–water partition coefficient (Wildman–Crippen LogP) is 1.61. The summed E-state index contributed by atoms with van der Waals surface area (Å²) in [6.45, 7) is 5.73. The highest BCUT2D eigenvalue weighted by molar-refractivity contribution is 5.07. The maximum Gasteiger partial charge on any atom is 0.118 e. The van der Waals surface area contributed by atoms with Gasteiger partial charge in [-0.05, 0) is 39.2 Å². The molecule has 1 saturated heterocycles. The summed E-state index contributed by atoms with van der Waals surface area (Å²) >= 11 is 0. The molecule has 4 nitrogen and oxygen atoms in total. The molecular formula is C14H24N2O2. The summed E-state index contributed by atoms with van der Waals surface area (Å²) in [4.78, 5) is 4.59. The minimum absolute atomic E-state index is 0.844. The fourth-order valence-corrected chi connectivity index (χ4v) is 2.19. The first-order valence-electron chi connectivity index (χ1n) is 6.76. The molecule has 1 aliphatic rings. The lowest BCUT2D eigenvalue weighted by Crippen LogP contribution is -2.35. The summed E-state index contributed by atoms with van der Waals surface area (Å²) in [6, 6.07) is 4.23. The normalized spacial score (nSPS) is 17.5. The molecule has 0 bridgehead atoms. The van der Waals surface area contributed by atoms with E-state index in [0.29, 0.717) is 0 Å². The molecule has 0 unspecified atom stereocenters. The summed E-state index contributed by atoms with van der Waals surface area (Å²) < 4.78 is 11.2. The highest BCUT2D eigenvalue weighted by atomic mass is 16.5. The summed E-state index contributed by atoms with van der Waals surface area (Å²) in [7, 11) is 4.21. The van der Waals surface area contributed by atoms with Crippen LogP contribution in [0.1, 0.15) is 17.9 Å². The van der Waals surface area contributed by atoms with E-state index in [1.165, 1.54) is 0 Å². The third-order valence-corrected chi connectivity index (χ3v) is 3.23. The van der Waals surface area contributed by atoms with Gasteiger partial charge in [-0.2, -0.15) is 0 Å². The van der Waals surface area contributed by atoms with Gasteiger partial charge in [0.1, 0.15) is 11.5 Å². The Morgan fingerprint density at radius 1 is 1.17 bits per heavy atom. The first-order chi connectivity index (χ1) is 8.74. The zero-order chi connectivity index (χ0) is 12.8. The smallest absolute Gasteiger partial charge is 0.118 e. The van der Waals surface area contributed by atoms with Crippen molar-refractivity contribution in [1.29, 1.82) is 0 Å². The second-order valence-electron chi connectivity index (χ2n) is 5.16. The van der Waals surface area contributed by atoms with Gasteiger partial charge in [0, 0.05) is 19.5 Å². The molecule has 0 atom stereocenters. The van der Waals surface area contributed by atoms with Gasteiger partial charge in [-0.3, -0.25) is 4.90 Å². The zero-order valence-corrected chi connectivity index (χ0v) is 11.5. The molecule has 0 radical (unpaired) electrons. The summed E-state index contributed by atoms with van der Waals surface area (Å²) in [5, 5.41) is 0. The molecule has 4 heteroatoms. The van der Waals surface area contributed by atoms with Crippen molar-refractivity contribution in [3.63, 3.8) is 0 Å². The van der Waals surface area contributed by atoms with E-state index in [9.17, 15) is 0 Å². The Labute approximate surface area is 110 Å². The minimum Gasteiger partial charge on any atom is -0.465 e. The zero-order valence-electron chi connectivity index (χ0n) is 11.5. The third-order valence-electron chi connectivity index (χ3n) is 3.23. The number of furan rings is 1. The van der Waals surface area contributed by atoms with Gasteiger partial charge in [0.05, 0.1) is 19.8 Å². The fraction of sp³-hybridized carbons (Fsp3) is 0.714. The van der Waals surface area contributed by atoms with E-state index in [4.69, 9.17) is 9.15 Å². The van der Waals surface area contributed by atoms with Crippen molar-refractivity contribution in [3.05, 3.63) is 23.7 Å². The maximum absolute atomic E-state index is 5.87. The van der Waals surface area contributed by atoms with Gasteiger partial charge in [-0.15, -0.1) is 0 Å². The molecule has 1 fully saturated rings. The second-order valence-corrected chi connectivity index (χ2v) is 5.16. The summed E-state index contributed by atoms with van der Waals surface area (Å²) in [5.74, 6) is 2.19. The lowest BCUT2D eigenvalue weighted by atomic mass is 10.2. The highest BCUT2D eigenvalue weighted by Crippen LogP contribution is 2.13. The molecule has 2 rings (SSSR count). The van der Waals surface area contributed by atoms with E-state index in [2.05, 4.69) is 36.0 Å². The fourth-order valence-electron chi connectivity index (χ4n) is 2.19. The Kier molecular flexibility index (Phi) is 5.23. The first kappa shape index (κ1) is 13.6. The van der Waals surface area contributed by atoms with Crippen LogP contribution in [0.25, 0.3) is 0 Å². The van der Waals surface area contributed by atoms with Crippen molar-refractivity contribution in [2.75, 3.05) is 46.9 Å². The molecule has 1 aromatic heterocycles. The van der Waals surface area contributed by atoms with Crippen LogP contribution >= 0.6 is 0 Å². The predicted molar refractivity (Wildman–Crippen MR) is 71.7 cm³/mol. The number of rotatable bonds is 6. The van der Waals surface area contributed by atoms with Crippen LogP contribution in [-0.4, -0.2) is 56.7 Å². The van der Waals surface area contributed by atoms with E-state index in [-0.39, 0.29) is 0 Å². The van der Waals surface area contributed by atoms with Gasteiger partial charge in [-0.1, -0.05) is 0 Å². The maximum atomic E-state index is 5.87. The van der Waals surface area contributed by atoms with Crippen LogP contribution in [0.5, 0.6) is 0 Å². The Hall–Kier alpha value is -0.840. The van der Waals surface area contributed by atoms with Crippen molar-refractivity contribution in [2.45, 2.75) is 19.4 Å². The van der Waals surface area contributed by atoms with Gasteiger partial charge < -0.3 is 14.1 Å². The standard InChI is InChI=1S/C14H24N2O2/c1-15(2)7-3-4-13-5-6-14(18-13)12-16-8-10-17-11-9-16/h5-6H,3-4,7-12H2,1-2H3. The van der Waals surface area contributed by atoms with E-state index in [1.54, 1.807) is 0 Å². The third kappa shape index (κ3) is 4.44. The van der Waals surface area contributed by atoms with Crippen molar-refractivity contribution in [3.8, 4) is 0 Å². The average molecular weight is 252 g/mol. The number of morpholine rings is 1. The lowest BCUT2D eigenvalue weighted by molar-refractivity contribution is 0.0312. The molecule has 1 aromatic rings. The van der Waals surface area contributed by atoms with Crippen molar-refractivity contribution >= 4 is 0 Å². The van der Waals surface area contributed by atoms with Crippen molar-refractivity contribution < 1.29 is 9.15 Å². The van der Waals surface area contributed by atoms with Crippen LogP contribution in [0.4, 0.5) is 0 Å². The lowest BCUT2D eigenvalue weighted by Gasteiger charge is -2.25. The van der Waals surface area contributed by atoms with Crippen molar-refractivity contribution in [1.82, 2.24) is 9.80 Å². The molecule has 1 aliphatic heterocycles. The monoisotopic (exact) mass is 252 g/mol. The number of hydrogen-bond acceptors (Lipinski definition) is 4. The van der Waals surface area contributed by atoms with E-state index in [0.717, 1.165) is 63.8 Å². The molecular weight excluding hydrogens is 228 g/mol. The highest BCUT2D eigenvalue weighted by Gasteiger charge is 2.12. The van der Waals surface area contributed by atoms with Crippen molar-refractivity contribution in [2.24, 2.45) is 0 Å². The van der Waals surface area contributed by atoms with Crippen LogP contribution in [-0.2, 0) is 17.7 Å². The quantitative estimate of drug-likeness (QED) is 0.769. The Balaban J connectivity index is 1.74. The number of nitrogens with zero attached hydrogens (tertiary/aromatic N) is 2. The van der Waals surface area contributed by atoms with Gasteiger partial charge in [0.25, 0.3) is 0 Å². The second kappa shape index (κ2) is 6.92. The van der Waals surface area contributed by atoms with Crippen LogP contribution in [0.15, 0.2) is 16.5 Å². The molecule has 102 valence electrons. The molecule has 0 N–H and O–H groups in total. The number of aryl methyl sites for hydroxylation is 1. The molecule has 0 amide bonds. The first-order valence-corrected chi connectivity index (χ1v) is 6.76. The summed E-state index contributed by atoms with van der Waals surface area (Å²) in [5.41, 5.74) is 0. The summed E-state index contributed by atoms with van der Waals surface area (Å²) in [6.07, 6.45) is 2.18. The van der Waals surface area contributed by atoms with Crippen LogP contribution in [0.2, 0.25) is 0 Å². The van der Waals surface area contributed by atoms with Gasteiger partial charge in [0.2, 0.25) is 0 Å². The minimum atomic E-state index is 0.844. The van der Waals surface area contributed by atoms with Crippen LogP contribution < -0.4 is 0 Å². The number of hydrogen-bond donors (Lipinski definition) is 0. The molecule has 18 heavy (non-hydrogen) atoms. The Bertz CT molecular complexity index is 343. The topological polar surface area (TPSA) is 28.9 Å². The van der Waals surface area contributed by atoms with Gasteiger partial charge >= 0.3 is 0 Å². The van der Waals surface area contributed by atoms with Crippen LogP contribution in [0.3, 0.4) is 0 Å². The SMILES string of the molecule is CN(C)CCCc1ccc(CN2CCOCC2)o1. The van der Waals surface area contributed by atoms with E-state index in [1.807, 2.05) is 0 Å². The average Bonchev–Trinajstić information content (AvgIpc) is 2.78. The van der Waals surface area contributed by atoms with E-state index < -0.39 is 0 Å². The number of ether oxygens (including phenoxy) is 1. The largest absolute Gasteiger partial charge is 0.465 e. The van der Waals surface area contributed by atoms with Gasteiger partial charge in [-0.25, -0.2) is 0 Å². The molecule has 0 saturated carbocycles.